The van der Waals surface area contributed by atoms with Crippen molar-refractivity contribution in [3.05, 3.63) is 33.3 Å². The molecule has 0 heterocycles. The Kier molecular flexibility index (Phi) is 6.27. The molecule has 0 amide bonds. The molecule has 1 aromatic carbocycles. The van der Waals surface area contributed by atoms with Gasteiger partial charge in [0.25, 0.3) is 0 Å². The van der Waals surface area contributed by atoms with E-state index < -0.39 is 5.97 Å². The predicted octanol–water partition coefficient (Wildman–Crippen LogP) is 2.15. The first-order chi connectivity index (χ1) is 5.11. The number of benzene rings is 1. The van der Waals surface area contributed by atoms with Gasteiger partial charge in [-0.1, -0.05) is 27.5 Å². The van der Waals surface area contributed by atoms with Gasteiger partial charge in [0.2, 0.25) is 0 Å². The molecule has 0 aliphatic rings. The summed E-state index contributed by atoms with van der Waals surface area (Å²) in [6, 6.07) is 4.69. The van der Waals surface area contributed by atoms with Crippen LogP contribution in [0, 0.1) is 0 Å². The SMILES string of the molecule is O=C(O)c1cc(Br)ccc1Cl.[KH]. The Bertz CT molecular complexity index is 303. The first-order valence-electron chi connectivity index (χ1n) is 2.79. The monoisotopic (exact) mass is 274 g/mol. The fraction of sp³-hybridized carbons (Fsp3) is 0. The van der Waals surface area contributed by atoms with Gasteiger partial charge in [0.1, 0.15) is 0 Å². The van der Waals surface area contributed by atoms with Crippen LogP contribution in [0.5, 0.6) is 0 Å². The standard InChI is InChI=1S/C7H4BrClO2.K.H/c8-4-1-2-6(9)5(3-4)7(10)11;;/h1-3H,(H,10,11);;. The molecule has 12 heavy (non-hydrogen) atoms. The molecule has 0 aromatic heterocycles. The van der Waals surface area contributed by atoms with Gasteiger partial charge in [-0.3, -0.25) is 0 Å². The number of rotatable bonds is 1. The van der Waals surface area contributed by atoms with E-state index in [-0.39, 0.29) is 62.0 Å². The molecule has 1 aromatic rings. The summed E-state index contributed by atoms with van der Waals surface area (Å²) in [5.41, 5.74) is 0.112. The van der Waals surface area contributed by atoms with Crippen molar-refractivity contribution in [2.45, 2.75) is 0 Å². The second-order valence-electron chi connectivity index (χ2n) is 1.93. The van der Waals surface area contributed by atoms with E-state index in [1.165, 1.54) is 12.1 Å². The van der Waals surface area contributed by atoms with Gasteiger partial charge in [-0.2, -0.15) is 0 Å². The van der Waals surface area contributed by atoms with Crippen molar-refractivity contribution in [2.24, 2.45) is 0 Å². The fourth-order valence-corrected chi connectivity index (χ4v) is 1.22. The summed E-state index contributed by atoms with van der Waals surface area (Å²) < 4.78 is 0.708. The second kappa shape index (κ2) is 5.75. The maximum absolute atomic E-state index is 10.5. The van der Waals surface area contributed by atoms with Gasteiger partial charge in [0.15, 0.2) is 0 Å². The van der Waals surface area contributed by atoms with Crippen molar-refractivity contribution in [1.29, 1.82) is 0 Å². The normalized spacial score (nSPS) is 8.83. The van der Waals surface area contributed by atoms with Crippen LogP contribution in [0.1, 0.15) is 10.4 Å². The number of hydrogen-bond acceptors (Lipinski definition) is 1. The van der Waals surface area contributed by atoms with Crippen molar-refractivity contribution in [2.75, 3.05) is 0 Å². The molecular formula is C7H5BrClKO2. The number of carboxylic acid groups (broad SMARTS) is 1. The molecule has 0 spiro atoms. The third-order valence-corrected chi connectivity index (χ3v) is 1.98. The van der Waals surface area contributed by atoms with E-state index >= 15 is 0 Å². The number of carbonyl (C=O) groups is 1. The third kappa shape index (κ3) is 3.45. The molecule has 0 unspecified atom stereocenters. The molecule has 0 bridgehead atoms. The molecule has 0 aliphatic heterocycles. The molecule has 1 N–H and O–H groups in total. The van der Waals surface area contributed by atoms with Crippen LogP contribution in [0.15, 0.2) is 22.7 Å². The van der Waals surface area contributed by atoms with Crippen molar-refractivity contribution >= 4 is 84.9 Å². The van der Waals surface area contributed by atoms with Gasteiger partial charge in [-0.25, -0.2) is 4.79 Å². The van der Waals surface area contributed by atoms with Gasteiger partial charge in [-0.05, 0) is 18.2 Å². The summed E-state index contributed by atoms with van der Waals surface area (Å²) in [6.45, 7) is 0. The minimum atomic E-state index is -1.02. The Morgan fingerprint density at radius 1 is 1.50 bits per heavy atom. The number of halogens is 2. The Morgan fingerprint density at radius 2 is 2.08 bits per heavy atom. The van der Waals surface area contributed by atoms with Crippen LogP contribution in [-0.4, -0.2) is 62.5 Å². The Labute approximate surface area is 126 Å². The van der Waals surface area contributed by atoms with Crippen molar-refractivity contribution in [1.82, 2.24) is 0 Å². The number of hydrogen-bond donors (Lipinski definition) is 1. The summed E-state index contributed by atoms with van der Waals surface area (Å²) in [7, 11) is 0. The molecule has 0 saturated heterocycles. The van der Waals surface area contributed by atoms with Gasteiger partial charge < -0.3 is 5.11 Å². The van der Waals surface area contributed by atoms with Gasteiger partial charge >= 0.3 is 57.4 Å². The van der Waals surface area contributed by atoms with Crippen molar-refractivity contribution in [3.63, 3.8) is 0 Å². The summed E-state index contributed by atoms with van der Waals surface area (Å²) >= 11 is 8.73. The van der Waals surface area contributed by atoms with Gasteiger partial charge in [0, 0.05) is 4.47 Å². The molecule has 0 fully saturated rings. The van der Waals surface area contributed by atoms with Crippen LogP contribution >= 0.6 is 27.5 Å². The zero-order valence-electron chi connectivity index (χ0n) is 5.34. The molecule has 0 aliphatic carbocycles. The fourth-order valence-electron chi connectivity index (χ4n) is 0.661. The molecule has 0 atom stereocenters. The van der Waals surface area contributed by atoms with Crippen LogP contribution in [0.25, 0.3) is 0 Å². The number of aromatic carboxylic acids is 1. The van der Waals surface area contributed by atoms with E-state index in [2.05, 4.69) is 15.9 Å². The maximum atomic E-state index is 10.5. The van der Waals surface area contributed by atoms with E-state index in [4.69, 9.17) is 16.7 Å². The molecule has 1 rings (SSSR count). The summed E-state index contributed by atoms with van der Waals surface area (Å²) in [5, 5.41) is 8.84. The van der Waals surface area contributed by atoms with E-state index in [9.17, 15) is 4.79 Å². The molecular weight excluding hydrogens is 271 g/mol. The van der Waals surface area contributed by atoms with Crippen LogP contribution in [0.3, 0.4) is 0 Å². The van der Waals surface area contributed by atoms with Gasteiger partial charge in [0.05, 0.1) is 10.6 Å². The first-order valence-corrected chi connectivity index (χ1v) is 3.96. The molecule has 0 saturated carbocycles. The molecule has 60 valence electrons. The van der Waals surface area contributed by atoms with E-state index in [0.29, 0.717) is 4.47 Å². The Morgan fingerprint density at radius 3 is 2.50 bits per heavy atom. The quantitative estimate of drug-likeness (QED) is 0.798. The van der Waals surface area contributed by atoms with Crippen LogP contribution in [0.2, 0.25) is 5.02 Å². The second-order valence-corrected chi connectivity index (χ2v) is 3.25. The van der Waals surface area contributed by atoms with Crippen molar-refractivity contribution < 1.29 is 9.90 Å². The predicted molar refractivity (Wildman–Crippen MR) is 53.3 cm³/mol. The summed E-state index contributed by atoms with van der Waals surface area (Å²) in [6.07, 6.45) is 0. The number of carboxylic acids is 1. The Hall–Kier alpha value is 1.10. The van der Waals surface area contributed by atoms with Crippen molar-refractivity contribution in [3.8, 4) is 0 Å². The van der Waals surface area contributed by atoms with E-state index in [1.807, 2.05) is 0 Å². The molecule has 5 heteroatoms. The Balaban J connectivity index is 0.00000121. The topological polar surface area (TPSA) is 37.3 Å². The average Bonchev–Trinajstić information content (AvgIpc) is 1.94. The van der Waals surface area contributed by atoms with Crippen LogP contribution in [-0.2, 0) is 0 Å². The average molecular weight is 276 g/mol. The van der Waals surface area contributed by atoms with Gasteiger partial charge in [-0.15, -0.1) is 0 Å². The van der Waals surface area contributed by atoms with Crippen LogP contribution in [0.4, 0.5) is 0 Å². The molecule has 2 nitrogen and oxygen atoms in total. The van der Waals surface area contributed by atoms with E-state index in [1.54, 1.807) is 6.07 Å². The summed E-state index contributed by atoms with van der Waals surface area (Å²) in [5.74, 6) is -1.02. The molecule has 0 radical (unpaired) electrons. The zero-order chi connectivity index (χ0) is 8.43. The first kappa shape index (κ1) is 13.1. The minimum absolute atomic E-state index is 0. The third-order valence-electron chi connectivity index (χ3n) is 1.16. The van der Waals surface area contributed by atoms with Crippen LogP contribution < -0.4 is 0 Å². The summed E-state index contributed by atoms with van der Waals surface area (Å²) in [4.78, 5) is 10.5. The van der Waals surface area contributed by atoms with E-state index in [0.717, 1.165) is 0 Å². The zero-order valence-corrected chi connectivity index (χ0v) is 7.69.